The quantitative estimate of drug-likeness (QED) is 0.870. The van der Waals surface area contributed by atoms with Gasteiger partial charge in [0, 0.05) is 38.4 Å². The third-order valence-electron chi connectivity index (χ3n) is 4.49. The van der Waals surface area contributed by atoms with Crippen LogP contribution in [0.25, 0.3) is 0 Å². The monoisotopic (exact) mass is 333 g/mol. The molecule has 1 aromatic rings. The first-order valence-electron chi connectivity index (χ1n) is 8.69. The molecular weight excluding hydrogens is 306 g/mol. The van der Waals surface area contributed by atoms with E-state index in [1.165, 1.54) is 5.56 Å². The molecule has 2 aliphatic rings. The van der Waals surface area contributed by atoms with Crippen molar-refractivity contribution in [1.29, 1.82) is 0 Å². The van der Waals surface area contributed by atoms with E-state index in [1.54, 1.807) is 0 Å². The predicted octanol–water partition coefficient (Wildman–Crippen LogP) is 0.967. The van der Waals surface area contributed by atoms with Crippen LogP contribution < -0.4 is 5.32 Å². The number of morpholine rings is 2. The normalized spacial score (nSPS) is 23.1. The summed E-state index contributed by atoms with van der Waals surface area (Å²) in [6.45, 7) is 9.20. The minimum absolute atomic E-state index is 0.0332. The third-order valence-corrected chi connectivity index (χ3v) is 4.49. The number of carbonyl (C=O) groups excluding carboxylic acids is 1. The molecule has 1 amide bonds. The topological polar surface area (TPSA) is 54.0 Å². The Morgan fingerprint density at radius 2 is 1.83 bits per heavy atom. The van der Waals surface area contributed by atoms with E-state index in [-0.39, 0.29) is 12.0 Å². The van der Waals surface area contributed by atoms with Crippen LogP contribution in [-0.4, -0.2) is 80.9 Å². The first kappa shape index (κ1) is 17.4. The van der Waals surface area contributed by atoms with Gasteiger partial charge in [-0.05, 0) is 19.1 Å². The van der Waals surface area contributed by atoms with E-state index in [4.69, 9.17) is 9.47 Å². The van der Waals surface area contributed by atoms with Gasteiger partial charge in [-0.2, -0.15) is 0 Å². The largest absolute Gasteiger partial charge is 0.379 e. The molecule has 3 rings (SSSR count). The van der Waals surface area contributed by atoms with Gasteiger partial charge in [-0.1, -0.05) is 17.7 Å². The van der Waals surface area contributed by atoms with E-state index in [0.29, 0.717) is 13.2 Å². The number of amides is 1. The molecule has 0 aliphatic carbocycles. The van der Waals surface area contributed by atoms with E-state index < -0.39 is 0 Å². The van der Waals surface area contributed by atoms with Crippen molar-refractivity contribution < 1.29 is 14.3 Å². The lowest BCUT2D eigenvalue weighted by atomic mass is 10.2. The zero-order valence-electron chi connectivity index (χ0n) is 14.4. The Morgan fingerprint density at radius 1 is 1.12 bits per heavy atom. The van der Waals surface area contributed by atoms with Gasteiger partial charge in [-0.15, -0.1) is 0 Å². The smallest absolute Gasteiger partial charge is 0.238 e. The molecule has 2 saturated heterocycles. The average molecular weight is 333 g/mol. The fraction of sp³-hybridized carbons (Fsp3) is 0.611. The van der Waals surface area contributed by atoms with Gasteiger partial charge < -0.3 is 14.8 Å². The number of aryl methyl sites for hydroxylation is 1. The van der Waals surface area contributed by atoms with Crippen LogP contribution in [0.3, 0.4) is 0 Å². The number of rotatable bonds is 5. The SMILES string of the molecule is Cc1ccc(NC(=O)CN2CCOC(CN3CCOCC3)C2)cc1. The maximum absolute atomic E-state index is 12.2. The van der Waals surface area contributed by atoms with Crippen molar-refractivity contribution in [2.24, 2.45) is 0 Å². The van der Waals surface area contributed by atoms with Crippen LogP contribution in [0.5, 0.6) is 0 Å². The van der Waals surface area contributed by atoms with Crippen LogP contribution in [0, 0.1) is 6.92 Å². The summed E-state index contributed by atoms with van der Waals surface area (Å²) in [7, 11) is 0. The van der Waals surface area contributed by atoms with E-state index in [2.05, 4.69) is 15.1 Å². The molecule has 132 valence electrons. The Kier molecular flexibility index (Phi) is 6.20. The summed E-state index contributed by atoms with van der Waals surface area (Å²) in [6, 6.07) is 7.88. The average Bonchev–Trinajstić information content (AvgIpc) is 2.58. The number of hydrogen-bond donors (Lipinski definition) is 1. The fourth-order valence-corrected chi connectivity index (χ4v) is 3.15. The zero-order valence-corrected chi connectivity index (χ0v) is 14.4. The molecule has 2 heterocycles. The third kappa shape index (κ3) is 5.27. The summed E-state index contributed by atoms with van der Waals surface area (Å²) in [4.78, 5) is 16.8. The Balaban J connectivity index is 1.44. The van der Waals surface area contributed by atoms with Gasteiger partial charge in [0.2, 0.25) is 5.91 Å². The number of nitrogens with one attached hydrogen (secondary N) is 1. The predicted molar refractivity (Wildman–Crippen MR) is 93.2 cm³/mol. The lowest BCUT2D eigenvalue weighted by Crippen LogP contribution is -2.51. The van der Waals surface area contributed by atoms with Gasteiger partial charge in [0.05, 0.1) is 32.5 Å². The summed E-state index contributed by atoms with van der Waals surface area (Å²) in [6.07, 6.45) is 0.170. The number of anilines is 1. The molecule has 6 heteroatoms. The molecule has 0 saturated carbocycles. The maximum Gasteiger partial charge on any atom is 0.238 e. The number of hydrogen-bond acceptors (Lipinski definition) is 5. The zero-order chi connectivity index (χ0) is 16.8. The fourth-order valence-electron chi connectivity index (χ4n) is 3.15. The highest BCUT2D eigenvalue weighted by Gasteiger charge is 2.24. The van der Waals surface area contributed by atoms with Gasteiger partial charge in [0.1, 0.15) is 0 Å². The minimum atomic E-state index is 0.0332. The molecule has 1 atom stereocenters. The van der Waals surface area contributed by atoms with E-state index >= 15 is 0 Å². The second-order valence-corrected chi connectivity index (χ2v) is 6.56. The summed E-state index contributed by atoms with van der Waals surface area (Å²) in [5.41, 5.74) is 2.04. The number of ether oxygens (including phenoxy) is 2. The summed E-state index contributed by atoms with van der Waals surface area (Å²) in [5, 5.41) is 2.96. The Labute approximate surface area is 143 Å². The van der Waals surface area contributed by atoms with E-state index in [9.17, 15) is 4.79 Å². The molecule has 0 radical (unpaired) electrons. The number of carbonyl (C=O) groups is 1. The first-order valence-corrected chi connectivity index (χ1v) is 8.69. The second-order valence-electron chi connectivity index (χ2n) is 6.56. The summed E-state index contributed by atoms with van der Waals surface area (Å²) >= 11 is 0. The number of nitrogens with zero attached hydrogens (tertiary/aromatic N) is 2. The van der Waals surface area contributed by atoms with E-state index in [0.717, 1.165) is 51.6 Å². The molecule has 1 aromatic carbocycles. The minimum Gasteiger partial charge on any atom is -0.379 e. The lowest BCUT2D eigenvalue weighted by Gasteiger charge is -2.36. The van der Waals surface area contributed by atoms with Gasteiger partial charge >= 0.3 is 0 Å². The second kappa shape index (κ2) is 8.58. The molecule has 2 fully saturated rings. The number of benzene rings is 1. The Bertz CT molecular complexity index is 529. The molecule has 1 unspecified atom stereocenters. The van der Waals surface area contributed by atoms with Crippen molar-refractivity contribution in [3.05, 3.63) is 29.8 Å². The highest BCUT2D eigenvalue weighted by Crippen LogP contribution is 2.11. The Hall–Kier alpha value is -1.47. The Morgan fingerprint density at radius 3 is 2.58 bits per heavy atom. The van der Waals surface area contributed by atoms with Crippen molar-refractivity contribution in [3.63, 3.8) is 0 Å². The molecular formula is C18H27N3O3. The standard InChI is InChI=1S/C18H27N3O3/c1-15-2-4-16(5-3-15)19-18(22)14-21-8-11-24-17(13-21)12-20-6-9-23-10-7-20/h2-5,17H,6-14H2,1H3,(H,19,22). The first-order chi connectivity index (χ1) is 11.7. The van der Waals surface area contributed by atoms with Crippen molar-refractivity contribution in [1.82, 2.24) is 9.80 Å². The van der Waals surface area contributed by atoms with Crippen LogP contribution in [-0.2, 0) is 14.3 Å². The van der Waals surface area contributed by atoms with Crippen LogP contribution in [0.15, 0.2) is 24.3 Å². The van der Waals surface area contributed by atoms with Crippen molar-refractivity contribution in [2.45, 2.75) is 13.0 Å². The molecule has 6 nitrogen and oxygen atoms in total. The van der Waals surface area contributed by atoms with Crippen LogP contribution in [0.4, 0.5) is 5.69 Å². The molecule has 0 aromatic heterocycles. The molecule has 24 heavy (non-hydrogen) atoms. The van der Waals surface area contributed by atoms with Gasteiger partial charge in [0.15, 0.2) is 0 Å². The summed E-state index contributed by atoms with van der Waals surface area (Å²) in [5.74, 6) is 0.0332. The van der Waals surface area contributed by atoms with E-state index in [1.807, 2.05) is 31.2 Å². The van der Waals surface area contributed by atoms with Crippen LogP contribution >= 0.6 is 0 Å². The maximum atomic E-state index is 12.2. The molecule has 2 aliphatic heterocycles. The van der Waals surface area contributed by atoms with Gasteiger partial charge in [-0.25, -0.2) is 0 Å². The lowest BCUT2D eigenvalue weighted by molar-refractivity contribution is -0.119. The van der Waals surface area contributed by atoms with Gasteiger partial charge in [-0.3, -0.25) is 14.6 Å². The van der Waals surface area contributed by atoms with Crippen molar-refractivity contribution in [3.8, 4) is 0 Å². The van der Waals surface area contributed by atoms with Crippen LogP contribution in [0.2, 0.25) is 0 Å². The molecule has 0 bridgehead atoms. The molecule has 0 spiro atoms. The highest BCUT2D eigenvalue weighted by atomic mass is 16.5. The van der Waals surface area contributed by atoms with Crippen molar-refractivity contribution in [2.75, 3.05) is 64.4 Å². The summed E-state index contributed by atoms with van der Waals surface area (Å²) < 4.78 is 11.2. The molecule has 1 N–H and O–H groups in total. The van der Waals surface area contributed by atoms with Crippen molar-refractivity contribution >= 4 is 11.6 Å². The highest BCUT2D eigenvalue weighted by molar-refractivity contribution is 5.92. The van der Waals surface area contributed by atoms with Gasteiger partial charge in [0.25, 0.3) is 0 Å². The van der Waals surface area contributed by atoms with Crippen LogP contribution in [0.1, 0.15) is 5.56 Å².